The summed E-state index contributed by atoms with van der Waals surface area (Å²) < 4.78 is 5.47. The van der Waals surface area contributed by atoms with Gasteiger partial charge in [-0.25, -0.2) is 0 Å². The standard InChI is InChI=1S/C18H35N5O.HI/c1-19-18(20-7-2-3-8-21-9-4-5-10-21)23-11-6-17(16-23)22-12-14-24-15-13-22;/h17H,2-16H2,1H3,(H,19,20);1H. The topological polar surface area (TPSA) is 43.3 Å². The number of unbranched alkanes of at least 4 members (excludes halogenated alkanes) is 1. The van der Waals surface area contributed by atoms with Crippen molar-refractivity contribution in [3.05, 3.63) is 0 Å². The minimum absolute atomic E-state index is 0. The zero-order chi connectivity index (χ0) is 16.6. The van der Waals surface area contributed by atoms with Crippen LogP contribution in [0.2, 0.25) is 0 Å². The maximum Gasteiger partial charge on any atom is 0.193 e. The van der Waals surface area contributed by atoms with E-state index in [0.29, 0.717) is 6.04 Å². The number of hydrogen-bond acceptors (Lipinski definition) is 4. The Balaban J connectivity index is 0.00000225. The van der Waals surface area contributed by atoms with E-state index < -0.39 is 0 Å². The van der Waals surface area contributed by atoms with Gasteiger partial charge in [-0.05, 0) is 51.7 Å². The number of ether oxygens (including phenoxy) is 1. The van der Waals surface area contributed by atoms with Crippen LogP contribution >= 0.6 is 24.0 Å². The van der Waals surface area contributed by atoms with Gasteiger partial charge in [-0.2, -0.15) is 0 Å². The zero-order valence-electron chi connectivity index (χ0n) is 15.8. The molecule has 3 saturated heterocycles. The maximum absolute atomic E-state index is 5.47. The van der Waals surface area contributed by atoms with E-state index in [2.05, 4.69) is 25.0 Å². The normalized spacial score (nSPS) is 26.0. The Bertz CT molecular complexity index is 397. The van der Waals surface area contributed by atoms with E-state index >= 15 is 0 Å². The first-order chi connectivity index (χ1) is 11.9. The lowest BCUT2D eigenvalue weighted by atomic mass is 10.2. The smallest absolute Gasteiger partial charge is 0.193 e. The molecule has 1 unspecified atom stereocenters. The van der Waals surface area contributed by atoms with Crippen LogP contribution < -0.4 is 5.32 Å². The van der Waals surface area contributed by atoms with Gasteiger partial charge in [0.25, 0.3) is 0 Å². The number of nitrogens with one attached hydrogen (secondary N) is 1. The summed E-state index contributed by atoms with van der Waals surface area (Å²) in [4.78, 5) is 12.1. The lowest BCUT2D eigenvalue weighted by Gasteiger charge is -2.32. The third kappa shape index (κ3) is 6.52. The van der Waals surface area contributed by atoms with Crippen LogP contribution in [0.15, 0.2) is 4.99 Å². The Kier molecular flexibility index (Phi) is 9.80. The number of aliphatic imine (C=N–C) groups is 1. The van der Waals surface area contributed by atoms with Crippen LogP contribution in [0.4, 0.5) is 0 Å². The first kappa shape index (κ1) is 21.2. The summed E-state index contributed by atoms with van der Waals surface area (Å²) in [6, 6.07) is 0.669. The maximum atomic E-state index is 5.47. The average Bonchev–Trinajstić information content (AvgIpc) is 3.31. The van der Waals surface area contributed by atoms with Crippen LogP contribution in [0.1, 0.15) is 32.1 Å². The van der Waals surface area contributed by atoms with Gasteiger partial charge in [0.15, 0.2) is 5.96 Å². The Morgan fingerprint density at radius 1 is 1.08 bits per heavy atom. The fourth-order valence-electron chi connectivity index (χ4n) is 4.17. The number of halogens is 1. The number of nitrogens with zero attached hydrogens (tertiary/aromatic N) is 4. The molecule has 0 aromatic carbocycles. The molecule has 0 radical (unpaired) electrons. The van der Waals surface area contributed by atoms with Gasteiger partial charge >= 0.3 is 0 Å². The van der Waals surface area contributed by atoms with Crippen LogP contribution in [0.25, 0.3) is 0 Å². The zero-order valence-corrected chi connectivity index (χ0v) is 18.1. The second kappa shape index (κ2) is 11.6. The van der Waals surface area contributed by atoms with E-state index in [4.69, 9.17) is 4.74 Å². The van der Waals surface area contributed by atoms with Crippen molar-refractivity contribution in [3.63, 3.8) is 0 Å². The Labute approximate surface area is 170 Å². The molecule has 3 heterocycles. The highest BCUT2D eigenvalue weighted by atomic mass is 127. The van der Waals surface area contributed by atoms with Crippen molar-refractivity contribution in [3.8, 4) is 0 Å². The van der Waals surface area contributed by atoms with Gasteiger partial charge in [0.05, 0.1) is 13.2 Å². The lowest BCUT2D eigenvalue weighted by Crippen LogP contribution is -2.46. The summed E-state index contributed by atoms with van der Waals surface area (Å²) in [6.45, 7) is 11.1. The van der Waals surface area contributed by atoms with Gasteiger partial charge in [0.2, 0.25) is 0 Å². The molecule has 3 aliphatic heterocycles. The molecular formula is C18H36IN5O. The monoisotopic (exact) mass is 465 g/mol. The van der Waals surface area contributed by atoms with Crippen molar-refractivity contribution >= 4 is 29.9 Å². The molecule has 7 heteroatoms. The van der Waals surface area contributed by atoms with E-state index in [1.165, 1.54) is 51.7 Å². The molecule has 0 aromatic heterocycles. The summed E-state index contributed by atoms with van der Waals surface area (Å²) in [5.74, 6) is 1.09. The Hall–Kier alpha value is -0.120. The SMILES string of the molecule is CN=C(NCCCCN1CCCC1)N1CCC(N2CCOCC2)C1.I. The molecule has 0 saturated carbocycles. The van der Waals surface area contributed by atoms with E-state index in [0.717, 1.165) is 51.9 Å². The quantitative estimate of drug-likeness (QED) is 0.279. The fraction of sp³-hybridized carbons (Fsp3) is 0.944. The number of guanidine groups is 1. The first-order valence-corrected chi connectivity index (χ1v) is 9.86. The molecule has 1 N–H and O–H groups in total. The first-order valence-electron chi connectivity index (χ1n) is 9.86. The molecule has 0 spiro atoms. The molecule has 3 fully saturated rings. The van der Waals surface area contributed by atoms with Crippen molar-refractivity contribution in [1.82, 2.24) is 20.0 Å². The van der Waals surface area contributed by atoms with Gasteiger partial charge < -0.3 is 19.9 Å². The molecule has 1 atom stereocenters. The molecule has 0 bridgehead atoms. The van der Waals surface area contributed by atoms with Gasteiger partial charge in [-0.3, -0.25) is 9.89 Å². The van der Waals surface area contributed by atoms with Crippen molar-refractivity contribution in [2.75, 3.05) is 72.6 Å². The molecule has 25 heavy (non-hydrogen) atoms. The van der Waals surface area contributed by atoms with E-state index in [1.807, 2.05) is 7.05 Å². The highest BCUT2D eigenvalue weighted by molar-refractivity contribution is 14.0. The third-order valence-corrected chi connectivity index (χ3v) is 5.62. The van der Waals surface area contributed by atoms with Crippen molar-refractivity contribution in [2.45, 2.75) is 38.1 Å². The van der Waals surface area contributed by atoms with Gasteiger partial charge in [-0.15, -0.1) is 24.0 Å². The molecule has 0 aromatic rings. The van der Waals surface area contributed by atoms with Gasteiger partial charge in [-0.1, -0.05) is 0 Å². The largest absolute Gasteiger partial charge is 0.379 e. The number of hydrogen-bond donors (Lipinski definition) is 1. The number of likely N-dealkylation sites (tertiary alicyclic amines) is 2. The number of morpholine rings is 1. The molecule has 0 amide bonds. The minimum Gasteiger partial charge on any atom is -0.379 e. The molecule has 3 rings (SSSR count). The summed E-state index contributed by atoms with van der Waals surface area (Å²) in [5, 5.41) is 3.57. The minimum atomic E-state index is 0. The fourth-order valence-corrected chi connectivity index (χ4v) is 4.17. The average molecular weight is 465 g/mol. The van der Waals surface area contributed by atoms with Crippen molar-refractivity contribution in [2.24, 2.45) is 4.99 Å². The summed E-state index contributed by atoms with van der Waals surface area (Å²) in [5.41, 5.74) is 0. The predicted molar refractivity (Wildman–Crippen MR) is 114 cm³/mol. The predicted octanol–water partition coefficient (Wildman–Crippen LogP) is 1.46. The van der Waals surface area contributed by atoms with Crippen LogP contribution in [-0.2, 0) is 4.74 Å². The molecular weight excluding hydrogens is 429 g/mol. The summed E-state index contributed by atoms with van der Waals surface area (Å²) >= 11 is 0. The van der Waals surface area contributed by atoms with Crippen LogP contribution in [0, 0.1) is 0 Å². The van der Waals surface area contributed by atoms with Crippen molar-refractivity contribution in [1.29, 1.82) is 0 Å². The van der Waals surface area contributed by atoms with Gasteiger partial charge in [0, 0.05) is 45.8 Å². The summed E-state index contributed by atoms with van der Waals surface area (Å²) in [6.07, 6.45) is 6.56. The lowest BCUT2D eigenvalue weighted by molar-refractivity contribution is 0.0195. The highest BCUT2D eigenvalue weighted by Crippen LogP contribution is 2.17. The highest BCUT2D eigenvalue weighted by Gasteiger charge is 2.30. The van der Waals surface area contributed by atoms with Crippen molar-refractivity contribution < 1.29 is 4.74 Å². The molecule has 3 aliphatic rings. The second-order valence-corrected chi connectivity index (χ2v) is 7.27. The third-order valence-electron chi connectivity index (χ3n) is 5.62. The van der Waals surface area contributed by atoms with E-state index in [1.54, 1.807) is 0 Å². The van der Waals surface area contributed by atoms with Crippen LogP contribution in [-0.4, -0.2) is 99.3 Å². The Morgan fingerprint density at radius 2 is 1.84 bits per heavy atom. The molecule has 0 aliphatic carbocycles. The van der Waals surface area contributed by atoms with Crippen LogP contribution in [0.5, 0.6) is 0 Å². The summed E-state index contributed by atoms with van der Waals surface area (Å²) in [7, 11) is 1.91. The van der Waals surface area contributed by atoms with Crippen LogP contribution in [0.3, 0.4) is 0 Å². The van der Waals surface area contributed by atoms with E-state index in [9.17, 15) is 0 Å². The molecule has 6 nitrogen and oxygen atoms in total. The second-order valence-electron chi connectivity index (χ2n) is 7.27. The number of rotatable bonds is 6. The molecule has 146 valence electrons. The van der Waals surface area contributed by atoms with Gasteiger partial charge in [0.1, 0.15) is 0 Å². The van der Waals surface area contributed by atoms with E-state index in [-0.39, 0.29) is 24.0 Å². The Morgan fingerprint density at radius 3 is 2.56 bits per heavy atom.